The average Bonchev–Trinajstić information content (AvgIpc) is 2.41. The maximum atomic E-state index is 13.2. The number of benzene rings is 1. The van der Waals surface area contributed by atoms with Crippen molar-refractivity contribution in [2.75, 3.05) is 0 Å². The molecule has 20 heavy (non-hydrogen) atoms. The highest BCUT2D eigenvalue weighted by molar-refractivity contribution is 5.79. The van der Waals surface area contributed by atoms with Gasteiger partial charge in [0.25, 0.3) is 5.56 Å². The minimum atomic E-state index is -1.06. The standard InChI is InChI=1S/C13H9F2N3O2/c14-10-3-7-1-8(2-9(5-16)17-6-19)13(20)18-12(7)4-11(10)15/h1,3-4,6,9H,2H2,(H,17,19)(H,18,20). The maximum absolute atomic E-state index is 13.2. The van der Waals surface area contributed by atoms with Gasteiger partial charge in [-0.3, -0.25) is 9.59 Å². The summed E-state index contributed by atoms with van der Waals surface area (Å²) in [5.41, 5.74) is -0.157. The second-order valence-corrected chi connectivity index (χ2v) is 4.15. The van der Waals surface area contributed by atoms with Crippen molar-refractivity contribution in [3.05, 3.63) is 45.8 Å². The number of aromatic nitrogens is 1. The molecule has 0 saturated heterocycles. The Bertz CT molecular complexity index is 765. The third kappa shape index (κ3) is 2.64. The van der Waals surface area contributed by atoms with E-state index in [-0.39, 0.29) is 17.5 Å². The molecule has 2 N–H and O–H groups in total. The first kappa shape index (κ1) is 13.7. The molecule has 0 saturated carbocycles. The van der Waals surface area contributed by atoms with Crippen molar-refractivity contribution < 1.29 is 13.6 Å². The Balaban J connectivity index is 2.47. The molecule has 1 heterocycles. The summed E-state index contributed by atoms with van der Waals surface area (Å²) in [5.74, 6) is -2.09. The van der Waals surface area contributed by atoms with Crippen molar-refractivity contribution in [3.63, 3.8) is 0 Å². The van der Waals surface area contributed by atoms with E-state index < -0.39 is 23.2 Å². The molecular formula is C13H9F2N3O2. The van der Waals surface area contributed by atoms with Gasteiger partial charge in [-0.15, -0.1) is 0 Å². The molecule has 0 spiro atoms. The van der Waals surface area contributed by atoms with Gasteiger partial charge in [-0.2, -0.15) is 5.26 Å². The van der Waals surface area contributed by atoms with E-state index in [0.717, 1.165) is 12.1 Å². The predicted molar refractivity (Wildman–Crippen MR) is 66.8 cm³/mol. The Morgan fingerprint density at radius 3 is 2.70 bits per heavy atom. The molecule has 0 aliphatic heterocycles. The van der Waals surface area contributed by atoms with Crippen LogP contribution in [-0.4, -0.2) is 17.4 Å². The summed E-state index contributed by atoms with van der Waals surface area (Å²) >= 11 is 0. The van der Waals surface area contributed by atoms with Gasteiger partial charge in [-0.05, 0) is 12.1 Å². The largest absolute Gasteiger partial charge is 0.343 e. The summed E-state index contributed by atoms with van der Waals surface area (Å²) in [6.45, 7) is 0. The van der Waals surface area contributed by atoms with Crippen LogP contribution in [0.5, 0.6) is 0 Å². The molecular weight excluding hydrogens is 268 g/mol. The summed E-state index contributed by atoms with van der Waals surface area (Å²) < 4.78 is 26.2. The zero-order valence-electron chi connectivity index (χ0n) is 10.1. The number of carbonyl (C=O) groups excluding carboxylic acids is 1. The van der Waals surface area contributed by atoms with Crippen LogP contribution in [0.25, 0.3) is 10.9 Å². The molecule has 1 aromatic carbocycles. The number of pyridine rings is 1. The predicted octanol–water partition coefficient (Wildman–Crippen LogP) is 0.987. The number of rotatable bonds is 4. The number of H-pyrrole nitrogens is 1. The van der Waals surface area contributed by atoms with E-state index in [0.29, 0.717) is 11.8 Å². The van der Waals surface area contributed by atoms with E-state index in [1.54, 1.807) is 0 Å². The summed E-state index contributed by atoms with van der Waals surface area (Å²) in [7, 11) is 0. The lowest BCUT2D eigenvalue weighted by molar-refractivity contribution is -0.109. The molecule has 102 valence electrons. The Morgan fingerprint density at radius 1 is 1.35 bits per heavy atom. The number of hydrogen-bond acceptors (Lipinski definition) is 3. The maximum Gasteiger partial charge on any atom is 0.251 e. The van der Waals surface area contributed by atoms with Crippen LogP contribution in [-0.2, 0) is 11.2 Å². The molecule has 5 nitrogen and oxygen atoms in total. The average molecular weight is 277 g/mol. The summed E-state index contributed by atoms with van der Waals surface area (Å²) in [6.07, 6.45) is 0.331. The Morgan fingerprint density at radius 2 is 2.05 bits per heavy atom. The quantitative estimate of drug-likeness (QED) is 0.817. The molecule has 0 bridgehead atoms. The normalized spacial score (nSPS) is 11.8. The Labute approximate surface area is 111 Å². The van der Waals surface area contributed by atoms with Crippen molar-refractivity contribution >= 4 is 17.3 Å². The Kier molecular flexibility index (Phi) is 3.75. The zero-order valence-corrected chi connectivity index (χ0v) is 10.1. The van der Waals surface area contributed by atoms with Crippen molar-refractivity contribution in [2.45, 2.75) is 12.5 Å². The lowest BCUT2D eigenvalue weighted by atomic mass is 10.1. The van der Waals surface area contributed by atoms with Gasteiger partial charge in [0.2, 0.25) is 6.41 Å². The highest BCUT2D eigenvalue weighted by Gasteiger charge is 2.12. The molecule has 2 rings (SSSR count). The van der Waals surface area contributed by atoms with Gasteiger partial charge >= 0.3 is 0 Å². The van der Waals surface area contributed by atoms with Gasteiger partial charge < -0.3 is 10.3 Å². The number of carbonyl (C=O) groups is 1. The van der Waals surface area contributed by atoms with Crippen LogP contribution in [0.1, 0.15) is 5.56 Å². The topological polar surface area (TPSA) is 85.8 Å². The van der Waals surface area contributed by atoms with Gasteiger partial charge in [0.05, 0.1) is 11.6 Å². The van der Waals surface area contributed by atoms with Crippen molar-refractivity contribution in [2.24, 2.45) is 0 Å². The molecule has 7 heteroatoms. The fraction of sp³-hybridized carbons (Fsp3) is 0.154. The SMILES string of the molecule is N#CC(Cc1cc2cc(F)c(F)cc2[nH]c1=O)NC=O. The van der Waals surface area contributed by atoms with Crippen molar-refractivity contribution in [1.29, 1.82) is 5.26 Å². The molecule has 0 fully saturated rings. The van der Waals surface area contributed by atoms with Gasteiger partial charge in [0.15, 0.2) is 11.6 Å². The lowest BCUT2D eigenvalue weighted by Crippen LogP contribution is -2.30. The molecule has 0 aliphatic rings. The van der Waals surface area contributed by atoms with Crippen LogP contribution >= 0.6 is 0 Å². The number of halogens is 2. The number of aromatic amines is 1. The van der Waals surface area contributed by atoms with Gasteiger partial charge in [-0.25, -0.2) is 8.78 Å². The smallest absolute Gasteiger partial charge is 0.251 e. The molecule has 1 aromatic heterocycles. The van der Waals surface area contributed by atoms with Crippen molar-refractivity contribution in [3.8, 4) is 6.07 Å². The van der Waals surface area contributed by atoms with Gasteiger partial charge in [-0.1, -0.05) is 0 Å². The monoisotopic (exact) mass is 277 g/mol. The van der Waals surface area contributed by atoms with E-state index in [9.17, 15) is 18.4 Å². The summed E-state index contributed by atoms with van der Waals surface area (Å²) in [6, 6.07) is 4.17. The van der Waals surface area contributed by atoms with Crippen LogP contribution in [0, 0.1) is 23.0 Å². The van der Waals surface area contributed by atoms with E-state index >= 15 is 0 Å². The number of nitrogens with one attached hydrogen (secondary N) is 2. The van der Waals surface area contributed by atoms with Crippen molar-refractivity contribution in [1.82, 2.24) is 10.3 Å². The van der Waals surface area contributed by atoms with Crippen LogP contribution in [0.15, 0.2) is 23.0 Å². The van der Waals surface area contributed by atoms with E-state index in [2.05, 4.69) is 10.3 Å². The second kappa shape index (κ2) is 5.48. The Hall–Kier alpha value is -2.75. The van der Waals surface area contributed by atoms with Crippen LogP contribution in [0.2, 0.25) is 0 Å². The third-order valence-electron chi connectivity index (χ3n) is 2.81. The summed E-state index contributed by atoms with van der Waals surface area (Å²) in [5, 5.41) is 11.4. The first-order valence-corrected chi connectivity index (χ1v) is 5.65. The molecule has 0 aliphatic carbocycles. The third-order valence-corrected chi connectivity index (χ3v) is 2.81. The number of hydrogen-bond donors (Lipinski definition) is 2. The van der Waals surface area contributed by atoms with Crippen LogP contribution in [0.3, 0.4) is 0 Å². The van der Waals surface area contributed by atoms with E-state index in [1.807, 2.05) is 6.07 Å². The molecule has 1 unspecified atom stereocenters. The van der Waals surface area contributed by atoms with Crippen LogP contribution < -0.4 is 10.9 Å². The van der Waals surface area contributed by atoms with E-state index in [4.69, 9.17) is 5.26 Å². The number of nitrogens with zero attached hydrogens (tertiary/aromatic N) is 1. The van der Waals surface area contributed by atoms with E-state index in [1.165, 1.54) is 6.07 Å². The molecule has 1 amide bonds. The van der Waals surface area contributed by atoms with Gasteiger partial charge in [0, 0.05) is 23.4 Å². The minimum absolute atomic E-state index is 0.0283. The first-order chi connectivity index (χ1) is 9.55. The first-order valence-electron chi connectivity index (χ1n) is 5.65. The molecule has 2 aromatic rings. The number of nitriles is 1. The lowest BCUT2D eigenvalue weighted by Gasteiger charge is -2.08. The number of amides is 1. The fourth-order valence-corrected chi connectivity index (χ4v) is 1.84. The highest BCUT2D eigenvalue weighted by atomic mass is 19.2. The second-order valence-electron chi connectivity index (χ2n) is 4.15. The fourth-order valence-electron chi connectivity index (χ4n) is 1.84. The zero-order chi connectivity index (χ0) is 14.7. The minimum Gasteiger partial charge on any atom is -0.343 e. The number of fused-ring (bicyclic) bond motifs is 1. The molecule has 0 radical (unpaired) electrons. The van der Waals surface area contributed by atoms with Crippen LogP contribution in [0.4, 0.5) is 8.78 Å². The highest BCUT2D eigenvalue weighted by Crippen LogP contribution is 2.16. The molecule has 1 atom stereocenters. The van der Waals surface area contributed by atoms with Gasteiger partial charge in [0.1, 0.15) is 6.04 Å². The summed E-state index contributed by atoms with van der Waals surface area (Å²) in [4.78, 5) is 24.5.